The van der Waals surface area contributed by atoms with E-state index in [2.05, 4.69) is 0 Å². The number of alkyl halides is 2. The van der Waals surface area contributed by atoms with Gasteiger partial charge in [-0.05, 0) is 0 Å². The minimum Gasteiger partial charge on any atom is -0.384 e. The van der Waals surface area contributed by atoms with E-state index in [4.69, 9.17) is 5.11 Å². The predicted molar refractivity (Wildman–Crippen MR) is 24.0 cm³/mol. The van der Waals surface area contributed by atoms with Gasteiger partial charge in [0.15, 0.2) is 0 Å². The van der Waals surface area contributed by atoms with Crippen molar-refractivity contribution in [2.24, 2.45) is 0 Å². The van der Waals surface area contributed by atoms with Crippen molar-refractivity contribution in [3.8, 4) is 0 Å². The molecule has 0 unspecified atom stereocenters. The molecule has 1 heterocycles. The summed E-state index contributed by atoms with van der Waals surface area (Å²) in [6.45, 7) is -0.355. The Morgan fingerprint density at radius 3 is 2.44 bits per heavy atom. The van der Waals surface area contributed by atoms with E-state index >= 15 is 0 Å². The largest absolute Gasteiger partial charge is 0.384 e. The smallest absolute Gasteiger partial charge is 0.351 e. The van der Waals surface area contributed by atoms with Gasteiger partial charge in [-0.25, -0.2) is 0 Å². The third-order valence-electron chi connectivity index (χ3n) is 1.18. The number of aliphatic hydroxyl groups excluding tert-OH is 1. The lowest BCUT2D eigenvalue weighted by Crippen LogP contribution is -2.35. The number of hydrogen-bond acceptors (Lipinski definition) is 2. The zero-order valence-corrected chi connectivity index (χ0v) is 4.40. The zero-order valence-electron chi connectivity index (χ0n) is 4.40. The molecule has 1 aliphatic rings. The first-order valence-corrected chi connectivity index (χ1v) is 2.39. The van der Waals surface area contributed by atoms with Crippen LogP contribution < -0.4 is 5.32 Å². The number of halogens is 2. The van der Waals surface area contributed by atoms with Gasteiger partial charge in [0.05, 0.1) is 6.54 Å². The second-order valence-electron chi connectivity index (χ2n) is 1.85. The summed E-state index contributed by atoms with van der Waals surface area (Å²) in [5.74, 6) is -4.98. The van der Waals surface area contributed by atoms with Gasteiger partial charge in [-0.2, -0.15) is 8.78 Å². The normalized spacial score (nSPS) is 32.3. The molecule has 9 heavy (non-hydrogen) atoms. The first kappa shape index (κ1) is 6.41. The highest BCUT2D eigenvalue weighted by molar-refractivity contribution is 5.86. The molecule has 0 radical (unpaired) electrons. The van der Waals surface area contributed by atoms with Crippen LogP contribution in [0, 0.1) is 0 Å². The fourth-order valence-corrected chi connectivity index (χ4v) is 0.587. The number of carbonyl (C=O) groups excluding carboxylic acids is 1. The van der Waals surface area contributed by atoms with Gasteiger partial charge in [0, 0.05) is 0 Å². The molecule has 1 aliphatic heterocycles. The van der Waals surface area contributed by atoms with E-state index in [1.807, 2.05) is 5.32 Å². The monoisotopic (exact) mass is 137 g/mol. The fraction of sp³-hybridized carbons (Fsp3) is 0.750. The Hall–Kier alpha value is -0.710. The lowest BCUT2D eigenvalue weighted by atomic mass is 10.2. The standard InChI is InChI=1S/C4H5F2NO2/c5-4(6)2(8)1-7-3(4)9/h2,8H,1H2,(H,7,9)/t2-/m1/s1. The minimum atomic E-state index is -3.58. The van der Waals surface area contributed by atoms with Gasteiger partial charge in [0.1, 0.15) is 6.10 Å². The molecule has 1 rings (SSSR count). The van der Waals surface area contributed by atoms with Crippen LogP contribution >= 0.6 is 0 Å². The Bertz CT molecular complexity index is 148. The van der Waals surface area contributed by atoms with Gasteiger partial charge >= 0.3 is 5.92 Å². The van der Waals surface area contributed by atoms with E-state index in [9.17, 15) is 13.6 Å². The van der Waals surface area contributed by atoms with Gasteiger partial charge in [0.25, 0.3) is 5.91 Å². The van der Waals surface area contributed by atoms with Crippen molar-refractivity contribution in [1.29, 1.82) is 0 Å². The van der Waals surface area contributed by atoms with Crippen molar-refractivity contribution in [3.63, 3.8) is 0 Å². The molecule has 0 bridgehead atoms. The molecule has 0 spiro atoms. The van der Waals surface area contributed by atoms with E-state index in [0.29, 0.717) is 0 Å². The number of amides is 1. The summed E-state index contributed by atoms with van der Waals surface area (Å²) >= 11 is 0. The topological polar surface area (TPSA) is 49.3 Å². The summed E-state index contributed by atoms with van der Waals surface area (Å²) in [6, 6.07) is 0. The fourth-order valence-electron chi connectivity index (χ4n) is 0.587. The van der Waals surface area contributed by atoms with Crippen LogP contribution in [-0.4, -0.2) is 29.6 Å². The van der Waals surface area contributed by atoms with Crippen LogP contribution in [0.2, 0.25) is 0 Å². The Balaban J connectivity index is 2.78. The summed E-state index contributed by atoms with van der Waals surface area (Å²) in [7, 11) is 0. The predicted octanol–water partition coefficient (Wildman–Crippen LogP) is -0.888. The molecule has 1 fully saturated rings. The lowest BCUT2D eigenvalue weighted by molar-refractivity contribution is -0.149. The molecule has 0 aliphatic carbocycles. The van der Waals surface area contributed by atoms with Crippen molar-refractivity contribution in [1.82, 2.24) is 5.32 Å². The first-order chi connectivity index (χ1) is 4.05. The molecule has 2 N–H and O–H groups in total. The maximum Gasteiger partial charge on any atom is 0.351 e. The average Bonchev–Trinajstić information content (AvgIpc) is 1.96. The molecule has 1 amide bonds. The van der Waals surface area contributed by atoms with E-state index in [1.165, 1.54) is 0 Å². The number of rotatable bonds is 0. The molecule has 1 atom stereocenters. The number of aliphatic hydroxyl groups is 1. The number of nitrogens with one attached hydrogen (secondary N) is 1. The number of β-amino-alcohol motifs (C(OH)–C–C–N with tert-alkyl or cyclic N) is 1. The molecule has 3 nitrogen and oxygen atoms in total. The Labute approximate surface area is 49.7 Å². The van der Waals surface area contributed by atoms with Crippen LogP contribution in [0.15, 0.2) is 0 Å². The quantitative estimate of drug-likeness (QED) is 0.455. The van der Waals surface area contributed by atoms with Crippen molar-refractivity contribution < 1.29 is 18.7 Å². The lowest BCUT2D eigenvalue weighted by Gasteiger charge is -2.07. The molecular weight excluding hydrogens is 132 g/mol. The Kier molecular flexibility index (Phi) is 1.16. The molecule has 0 saturated carbocycles. The summed E-state index contributed by atoms with van der Waals surface area (Å²) in [4.78, 5) is 10.1. The summed E-state index contributed by atoms with van der Waals surface area (Å²) in [5.41, 5.74) is 0. The van der Waals surface area contributed by atoms with Crippen LogP contribution in [0.1, 0.15) is 0 Å². The van der Waals surface area contributed by atoms with Crippen LogP contribution in [-0.2, 0) is 4.79 Å². The number of hydrogen-bond donors (Lipinski definition) is 2. The van der Waals surface area contributed by atoms with E-state index in [-0.39, 0.29) is 6.54 Å². The molecule has 0 aromatic heterocycles. The minimum absolute atomic E-state index is 0.355. The van der Waals surface area contributed by atoms with Gasteiger partial charge in [-0.3, -0.25) is 4.79 Å². The molecule has 0 aromatic rings. The zero-order chi connectivity index (χ0) is 7.07. The van der Waals surface area contributed by atoms with E-state index in [0.717, 1.165) is 0 Å². The molecule has 0 aromatic carbocycles. The molecule has 52 valence electrons. The van der Waals surface area contributed by atoms with Crippen molar-refractivity contribution in [3.05, 3.63) is 0 Å². The van der Waals surface area contributed by atoms with Crippen molar-refractivity contribution in [2.45, 2.75) is 12.0 Å². The summed E-state index contributed by atoms with van der Waals surface area (Å²) in [6.07, 6.45) is -1.86. The van der Waals surface area contributed by atoms with Crippen molar-refractivity contribution in [2.75, 3.05) is 6.54 Å². The third kappa shape index (κ3) is 0.769. The molecular formula is C4H5F2NO2. The van der Waals surface area contributed by atoms with E-state index in [1.54, 1.807) is 0 Å². The van der Waals surface area contributed by atoms with Crippen LogP contribution in [0.5, 0.6) is 0 Å². The highest BCUT2D eigenvalue weighted by Crippen LogP contribution is 2.22. The van der Waals surface area contributed by atoms with Gasteiger partial charge in [-0.1, -0.05) is 0 Å². The van der Waals surface area contributed by atoms with Gasteiger partial charge in [-0.15, -0.1) is 0 Å². The third-order valence-corrected chi connectivity index (χ3v) is 1.18. The average molecular weight is 137 g/mol. The Morgan fingerprint density at radius 1 is 1.78 bits per heavy atom. The SMILES string of the molecule is O=C1NC[C@@H](O)C1(F)F. The van der Waals surface area contributed by atoms with Crippen molar-refractivity contribution >= 4 is 5.91 Å². The molecule has 5 heteroatoms. The van der Waals surface area contributed by atoms with Gasteiger partial charge in [0.2, 0.25) is 0 Å². The summed E-state index contributed by atoms with van der Waals surface area (Å²) in [5, 5.41) is 10.2. The second-order valence-corrected chi connectivity index (χ2v) is 1.85. The highest BCUT2D eigenvalue weighted by Gasteiger charge is 2.51. The van der Waals surface area contributed by atoms with Gasteiger partial charge < -0.3 is 10.4 Å². The Morgan fingerprint density at radius 2 is 2.33 bits per heavy atom. The second kappa shape index (κ2) is 1.63. The highest BCUT2D eigenvalue weighted by atomic mass is 19.3. The maximum atomic E-state index is 12.1. The first-order valence-electron chi connectivity index (χ1n) is 2.39. The number of carbonyl (C=O) groups is 1. The van der Waals surface area contributed by atoms with Crippen LogP contribution in [0.4, 0.5) is 8.78 Å². The van der Waals surface area contributed by atoms with E-state index < -0.39 is 17.9 Å². The maximum absolute atomic E-state index is 12.1. The molecule has 1 saturated heterocycles. The van der Waals surface area contributed by atoms with Crippen LogP contribution in [0.3, 0.4) is 0 Å². The summed E-state index contributed by atoms with van der Waals surface area (Å²) < 4.78 is 24.1. The van der Waals surface area contributed by atoms with Crippen LogP contribution in [0.25, 0.3) is 0 Å².